The third-order valence-corrected chi connectivity index (χ3v) is 5.23. The number of benzene rings is 1. The van der Waals surface area contributed by atoms with E-state index in [9.17, 15) is 19.5 Å². The van der Waals surface area contributed by atoms with Crippen LogP contribution >= 0.6 is 0 Å². The van der Waals surface area contributed by atoms with Gasteiger partial charge in [-0.25, -0.2) is 4.79 Å². The summed E-state index contributed by atoms with van der Waals surface area (Å²) in [7, 11) is 0. The smallest absolute Gasteiger partial charge is 0.327 e. The summed E-state index contributed by atoms with van der Waals surface area (Å²) >= 11 is 0. The number of aromatic amines is 1. The van der Waals surface area contributed by atoms with Crippen LogP contribution in [0.3, 0.4) is 0 Å². The Balaban J connectivity index is 1.67. The number of rotatable bonds is 4. The van der Waals surface area contributed by atoms with Gasteiger partial charge in [-0.15, -0.1) is 0 Å². The Bertz CT molecular complexity index is 872. The van der Waals surface area contributed by atoms with E-state index in [1.54, 1.807) is 6.20 Å². The maximum atomic E-state index is 12.7. The van der Waals surface area contributed by atoms with Gasteiger partial charge < -0.3 is 10.1 Å². The molecule has 1 aromatic carbocycles. The van der Waals surface area contributed by atoms with E-state index in [-0.39, 0.29) is 18.2 Å². The fourth-order valence-corrected chi connectivity index (χ4v) is 3.93. The zero-order valence-electron chi connectivity index (χ0n) is 13.5. The van der Waals surface area contributed by atoms with E-state index >= 15 is 0 Å². The number of aromatic nitrogens is 1. The molecule has 2 amide bonds. The normalized spacial score (nSPS) is 23.9. The Morgan fingerprint density at radius 3 is 2.44 bits per heavy atom. The molecule has 1 fully saturated rings. The monoisotopic (exact) mass is 338 g/mol. The van der Waals surface area contributed by atoms with Crippen molar-refractivity contribution >= 4 is 28.7 Å². The van der Waals surface area contributed by atoms with Gasteiger partial charge in [-0.1, -0.05) is 30.4 Å². The van der Waals surface area contributed by atoms with Crippen LogP contribution < -0.4 is 0 Å². The van der Waals surface area contributed by atoms with Crippen molar-refractivity contribution in [2.24, 2.45) is 11.8 Å². The third-order valence-electron chi connectivity index (χ3n) is 5.23. The molecule has 1 aliphatic carbocycles. The summed E-state index contributed by atoms with van der Waals surface area (Å²) < 4.78 is 0. The highest BCUT2D eigenvalue weighted by Gasteiger charge is 2.51. The molecular weight excluding hydrogens is 320 g/mol. The molecule has 4 rings (SSSR count). The predicted octanol–water partition coefficient (Wildman–Crippen LogP) is 2.11. The zero-order chi connectivity index (χ0) is 17.6. The van der Waals surface area contributed by atoms with Gasteiger partial charge in [-0.2, -0.15) is 0 Å². The number of nitrogens with zero attached hydrogens (tertiary/aromatic N) is 1. The van der Waals surface area contributed by atoms with Crippen molar-refractivity contribution in [1.82, 2.24) is 9.88 Å². The lowest BCUT2D eigenvalue weighted by molar-refractivity contribution is -0.155. The van der Waals surface area contributed by atoms with Gasteiger partial charge in [0, 0.05) is 23.5 Å². The average molecular weight is 338 g/mol. The summed E-state index contributed by atoms with van der Waals surface area (Å²) in [5.74, 6) is -2.69. The van der Waals surface area contributed by atoms with Crippen molar-refractivity contribution in [3.8, 4) is 0 Å². The fourth-order valence-electron chi connectivity index (χ4n) is 3.93. The zero-order valence-corrected chi connectivity index (χ0v) is 13.5. The molecular formula is C19H18N2O4. The van der Waals surface area contributed by atoms with Crippen LogP contribution in [0.2, 0.25) is 0 Å². The summed E-state index contributed by atoms with van der Waals surface area (Å²) in [4.78, 5) is 41.3. The quantitative estimate of drug-likeness (QED) is 0.660. The Hall–Kier alpha value is -2.89. The van der Waals surface area contributed by atoms with Crippen LogP contribution in [0, 0.1) is 11.8 Å². The molecule has 2 aromatic rings. The topological polar surface area (TPSA) is 90.5 Å². The molecule has 0 saturated carbocycles. The van der Waals surface area contributed by atoms with Crippen molar-refractivity contribution in [1.29, 1.82) is 0 Å². The first kappa shape index (κ1) is 15.6. The summed E-state index contributed by atoms with van der Waals surface area (Å²) in [6.07, 6.45) is 6.65. The van der Waals surface area contributed by atoms with Crippen molar-refractivity contribution in [2.45, 2.75) is 25.3 Å². The van der Waals surface area contributed by atoms with E-state index < -0.39 is 23.8 Å². The maximum Gasteiger partial charge on any atom is 0.327 e. The van der Waals surface area contributed by atoms with Gasteiger partial charge in [0.15, 0.2) is 0 Å². The summed E-state index contributed by atoms with van der Waals surface area (Å²) in [6, 6.07) is 6.40. The van der Waals surface area contributed by atoms with Crippen LogP contribution in [0.15, 0.2) is 42.6 Å². The highest BCUT2D eigenvalue weighted by atomic mass is 16.4. The van der Waals surface area contributed by atoms with Crippen LogP contribution in [0.25, 0.3) is 10.9 Å². The Labute approximate surface area is 144 Å². The largest absolute Gasteiger partial charge is 0.480 e. The minimum Gasteiger partial charge on any atom is -0.480 e. The average Bonchev–Trinajstić information content (AvgIpc) is 3.13. The van der Waals surface area contributed by atoms with E-state index in [4.69, 9.17) is 0 Å². The molecule has 2 aliphatic rings. The van der Waals surface area contributed by atoms with Crippen LogP contribution in [-0.4, -0.2) is 38.8 Å². The predicted molar refractivity (Wildman–Crippen MR) is 90.6 cm³/mol. The van der Waals surface area contributed by atoms with Crippen molar-refractivity contribution in [3.63, 3.8) is 0 Å². The number of aliphatic carboxylic acids is 1. The summed E-state index contributed by atoms with van der Waals surface area (Å²) in [5, 5.41) is 10.6. The lowest BCUT2D eigenvalue weighted by atomic mass is 9.85. The second kappa shape index (κ2) is 5.88. The standard InChI is InChI=1S/C19H18N2O4/c22-17-13-6-1-2-7-14(13)18(23)21(17)16(19(24)25)9-11-10-20-15-8-4-3-5-12(11)15/h1-5,8,10,13-14,16,20H,6-7,9H2,(H,24,25)/t13-,14-,16+/m0/s1. The molecule has 1 aromatic heterocycles. The van der Waals surface area contributed by atoms with Crippen LogP contribution in [-0.2, 0) is 20.8 Å². The van der Waals surface area contributed by atoms with Gasteiger partial charge >= 0.3 is 5.97 Å². The van der Waals surface area contributed by atoms with Crippen molar-refractivity contribution in [3.05, 3.63) is 48.2 Å². The number of carbonyl (C=O) groups is 3. The Morgan fingerprint density at radius 1 is 1.16 bits per heavy atom. The van der Waals surface area contributed by atoms with Gasteiger partial charge in [-0.05, 0) is 24.5 Å². The van der Waals surface area contributed by atoms with Crippen LogP contribution in [0.1, 0.15) is 18.4 Å². The first-order valence-electron chi connectivity index (χ1n) is 8.37. The molecule has 2 N–H and O–H groups in total. The number of likely N-dealkylation sites (tertiary alicyclic amines) is 1. The highest BCUT2D eigenvalue weighted by molar-refractivity contribution is 6.08. The fraction of sp³-hybridized carbons (Fsp3) is 0.316. The lowest BCUT2D eigenvalue weighted by Crippen LogP contribution is -2.46. The van der Waals surface area contributed by atoms with E-state index in [2.05, 4.69) is 4.98 Å². The number of carboxylic acids is 1. The van der Waals surface area contributed by atoms with E-state index in [1.807, 2.05) is 36.4 Å². The molecule has 0 unspecified atom stereocenters. The second-order valence-electron chi connectivity index (χ2n) is 6.62. The number of para-hydroxylation sites is 1. The van der Waals surface area contributed by atoms with Gasteiger partial charge in [0.2, 0.25) is 11.8 Å². The minimum absolute atomic E-state index is 0.101. The maximum absolute atomic E-state index is 12.7. The number of fused-ring (bicyclic) bond motifs is 2. The molecule has 0 radical (unpaired) electrons. The van der Waals surface area contributed by atoms with Crippen molar-refractivity contribution < 1.29 is 19.5 Å². The number of hydrogen-bond donors (Lipinski definition) is 2. The lowest BCUT2D eigenvalue weighted by Gasteiger charge is -2.23. The SMILES string of the molecule is O=C(O)[C@@H](Cc1c[nH]c2ccccc12)N1C(=O)[C@H]2CC=CC[C@@H]2C1=O. The summed E-state index contributed by atoms with van der Waals surface area (Å²) in [6.45, 7) is 0. The van der Waals surface area contributed by atoms with Gasteiger partial charge in [0.25, 0.3) is 0 Å². The number of amides is 2. The Kier molecular flexibility index (Phi) is 3.67. The number of hydrogen-bond acceptors (Lipinski definition) is 3. The molecule has 0 bridgehead atoms. The van der Waals surface area contributed by atoms with Crippen molar-refractivity contribution in [2.75, 3.05) is 0 Å². The van der Waals surface area contributed by atoms with E-state index in [0.29, 0.717) is 12.8 Å². The van der Waals surface area contributed by atoms with E-state index in [1.165, 1.54) is 0 Å². The number of H-pyrrole nitrogens is 1. The molecule has 2 heterocycles. The van der Waals surface area contributed by atoms with Crippen LogP contribution in [0.5, 0.6) is 0 Å². The molecule has 0 spiro atoms. The summed E-state index contributed by atoms with van der Waals surface area (Å²) in [5.41, 5.74) is 1.69. The Morgan fingerprint density at radius 2 is 1.80 bits per heavy atom. The minimum atomic E-state index is -1.18. The molecule has 128 valence electrons. The number of carboxylic acid groups (broad SMARTS) is 1. The molecule has 6 heteroatoms. The third kappa shape index (κ3) is 2.45. The molecule has 6 nitrogen and oxygen atoms in total. The first-order chi connectivity index (χ1) is 12.1. The molecule has 1 aliphatic heterocycles. The second-order valence-corrected chi connectivity index (χ2v) is 6.62. The van der Waals surface area contributed by atoms with Gasteiger partial charge in [-0.3, -0.25) is 14.5 Å². The highest BCUT2D eigenvalue weighted by Crippen LogP contribution is 2.37. The van der Waals surface area contributed by atoms with Gasteiger partial charge in [0.1, 0.15) is 6.04 Å². The number of nitrogens with one attached hydrogen (secondary N) is 1. The molecule has 3 atom stereocenters. The molecule has 1 saturated heterocycles. The number of carbonyl (C=O) groups excluding carboxylic acids is 2. The van der Waals surface area contributed by atoms with Gasteiger partial charge in [0.05, 0.1) is 11.8 Å². The first-order valence-corrected chi connectivity index (χ1v) is 8.37. The van der Waals surface area contributed by atoms with E-state index in [0.717, 1.165) is 21.4 Å². The van der Waals surface area contributed by atoms with Crippen LogP contribution in [0.4, 0.5) is 0 Å². The number of allylic oxidation sites excluding steroid dienone is 2. The number of imide groups is 1. The molecule has 25 heavy (non-hydrogen) atoms.